The molecule has 2 rings (SSSR count). The van der Waals surface area contributed by atoms with E-state index in [1.165, 1.54) is 11.5 Å². The first-order chi connectivity index (χ1) is 8.58. The van der Waals surface area contributed by atoms with E-state index in [1.807, 2.05) is 23.5 Å². The monoisotopic (exact) mass is 366 g/mol. The normalized spacial score (nSPS) is 20.4. The minimum atomic E-state index is 0.389. The molecule has 0 bridgehead atoms. The average molecular weight is 368 g/mol. The molecule has 0 aromatic carbocycles. The highest BCUT2D eigenvalue weighted by molar-refractivity contribution is 9.10. The van der Waals surface area contributed by atoms with Crippen LogP contribution in [0, 0.1) is 5.92 Å². The van der Waals surface area contributed by atoms with Crippen LogP contribution in [0.4, 0.5) is 0 Å². The Morgan fingerprint density at radius 3 is 2.78 bits per heavy atom. The predicted molar refractivity (Wildman–Crippen MR) is 85.8 cm³/mol. The highest BCUT2D eigenvalue weighted by Gasteiger charge is 2.22. The van der Waals surface area contributed by atoms with Crippen molar-refractivity contribution in [2.75, 3.05) is 17.3 Å². The Kier molecular flexibility index (Phi) is 5.66. The number of hydrogen-bond donors (Lipinski definition) is 0. The molecule has 0 spiro atoms. The number of halogens is 2. The Labute approximate surface area is 130 Å². The fourth-order valence-electron chi connectivity index (χ4n) is 1.78. The zero-order valence-corrected chi connectivity index (χ0v) is 14.4. The van der Waals surface area contributed by atoms with Crippen LogP contribution in [-0.2, 0) is 6.42 Å². The Morgan fingerprint density at radius 1 is 1.39 bits per heavy atom. The highest BCUT2D eigenvalue weighted by Crippen LogP contribution is 2.37. The van der Waals surface area contributed by atoms with E-state index < -0.39 is 0 Å². The van der Waals surface area contributed by atoms with Crippen LogP contribution in [0.2, 0.25) is 5.15 Å². The van der Waals surface area contributed by atoms with Gasteiger partial charge in [-0.05, 0) is 28.3 Å². The largest absolute Gasteiger partial charge is 0.235 e. The molecule has 1 fully saturated rings. The summed E-state index contributed by atoms with van der Waals surface area (Å²) in [5, 5.41) is 0.937. The molecule has 0 aliphatic carbocycles. The highest BCUT2D eigenvalue weighted by atomic mass is 79.9. The molecule has 2 nitrogen and oxygen atoms in total. The number of rotatable bonds is 3. The third kappa shape index (κ3) is 3.78. The summed E-state index contributed by atoms with van der Waals surface area (Å²) in [6.45, 7) is 4.38. The van der Waals surface area contributed by atoms with Gasteiger partial charge in [0.05, 0.1) is 15.4 Å². The van der Waals surface area contributed by atoms with Gasteiger partial charge in [-0.15, -0.1) is 11.8 Å². The Balaban J connectivity index is 2.27. The summed E-state index contributed by atoms with van der Waals surface area (Å²) in [5.74, 6) is 4.95. The average Bonchev–Trinajstić information content (AvgIpc) is 2.35. The van der Waals surface area contributed by atoms with Gasteiger partial charge in [0.1, 0.15) is 11.0 Å². The molecule has 1 aromatic rings. The van der Waals surface area contributed by atoms with Gasteiger partial charge in [-0.2, -0.15) is 11.8 Å². The first-order valence-corrected chi connectivity index (χ1v) is 9.36. The minimum Gasteiger partial charge on any atom is -0.235 e. The van der Waals surface area contributed by atoms with Crippen molar-refractivity contribution in [3.63, 3.8) is 0 Å². The van der Waals surface area contributed by atoms with E-state index in [0.29, 0.717) is 16.3 Å². The third-order valence-electron chi connectivity index (χ3n) is 2.60. The molecule has 0 N–H and O–H groups in total. The molecule has 1 atom stereocenters. The van der Waals surface area contributed by atoms with E-state index in [-0.39, 0.29) is 0 Å². The van der Waals surface area contributed by atoms with Gasteiger partial charge in [-0.1, -0.05) is 25.4 Å². The zero-order chi connectivity index (χ0) is 13.1. The van der Waals surface area contributed by atoms with Crippen molar-refractivity contribution < 1.29 is 0 Å². The summed E-state index contributed by atoms with van der Waals surface area (Å²) in [4.78, 5) is 9.16. The van der Waals surface area contributed by atoms with Gasteiger partial charge in [0, 0.05) is 17.3 Å². The minimum absolute atomic E-state index is 0.389. The lowest BCUT2D eigenvalue weighted by atomic mass is 10.1. The van der Waals surface area contributed by atoms with Crippen LogP contribution >= 0.6 is 51.1 Å². The lowest BCUT2D eigenvalue weighted by Crippen LogP contribution is -2.12. The van der Waals surface area contributed by atoms with Crippen LogP contribution in [0.25, 0.3) is 0 Å². The lowest BCUT2D eigenvalue weighted by Gasteiger charge is -2.21. The fraction of sp³-hybridized carbons (Fsp3) is 0.667. The molecule has 1 saturated heterocycles. The standard InChI is InChI=1S/C12H16BrClN2S2/c1-7(2)5-8-10(13)11(14)16-12(15-8)9-6-17-3-4-18-9/h7,9H,3-6H2,1-2H3. The van der Waals surface area contributed by atoms with Crippen LogP contribution in [0.15, 0.2) is 4.47 Å². The van der Waals surface area contributed by atoms with E-state index in [0.717, 1.165) is 28.2 Å². The molecular weight excluding hydrogens is 352 g/mol. The van der Waals surface area contributed by atoms with Gasteiger partial charge >= 0.3 is 0 Å². The molecule has 1 aromatic heterocycles. The maximum absolute atomic E-state index is 6.21. The van der Waals surface area contributed by atoms with Gasteiger partial charge in [0.15, 0.2) is 0 Å². The van der Waals surface area contributed by atoms with Crippen molar-refractivity contribution in [1.29, 1.82) is 0 Å². The number of aromatic nitrogens is 2. The fourth-order valence-corrected chi connectivity index (χ4v) is 4.92. The summed E-state index contributed by atoms with van der Waals surface area (Å²) < 4.78 is 0.857. The Bertz CT molecular complexity index is 423. The second-order valence-electron chi connectivity index (χ2n) is 4.67. The quantitative estimate of drug-likeness (QED) is 0.728. The van der Waals surface area contributed by atoms with Crippen molar-refractivity contribution >= 4 is 51.1 Å². The molecule has 6 heteroatoms. The molecule has 0 saturated carbocycles. The molecule has 0 amide bonds. The van der Waals surface area contributed by atoms with Crippen LogP contribution < -0.4 is 0 Å². The third-order valence-corrected chi connectivity index (χ3v) is 6.69. The SMILES string of the molecule is CC(C)Cc1nc(C2CSCCS2)nc(Cl)c1Br. The van der Waals surface area contributed by atoms with Gasteiger partial charge < -0.3 is 0 Å². The first kappa shape index (κ1) is 14.9. The van der Waals surface area contributed by atoms with Crippen molar-refractivity contribution in [1.82, 2.24) is 9.97 Å². The summed E-state index contributed by atoms with van der Waals surface area (Å²) >= 11 is 13.6. The van der Waals surface area contributed by atoms with Crippen molar-refractivity contribution in [2.24, 2.45) is 5.92 Å². The molecular formula is C12H16BrClN2S2. The van der Waals surface area contributed by atoms with Gasteiger partial charge in [-0.25, -0.2) is 9.97 Å². The first-order valence-electron chi connectivity index (χ1n) is 5.99. The van der Waals surface area contributed by atoms with E-state index in [1.54, 1.807) is 0 Å². The molecule has 0 radical (unpaired) electrons. The van der Waals surface area contributed by atoms with Crippen LogP contribution in [-0.4, -0.2) is 27.2 Å². The maximum Gasteiger partial charge on any atom is 0.147 e. The summed E-state index contributed by atoms with van der Waals surface area (Å²) in [6.07, 6.45) is 0.931. The smallest absolute Gasteiger partial charge is 0.147 e. The van der Waals surface area contributed by atoms with Crippen molar-refractivity contribution in [2.45, 2.75) is 25.5 Å². The summed E-state index contributed by atoms with van der Waals surface area (Å²) in [7, 11) is 0. The number of nitrogens with zero attached hydrogens (tertiary/aromatic N) is 2. The van der Waals surface area contributed by atoms with Gasteiger partial charge in [-0.3, -0.25) is 0 Å². The van der Waals surface area contributed by atoms with E-state index in [9.17, 15) is 0 Å². The van der Waals surface area contributed by atoms with Crippen molar-refractivity contribution in [3.05, 3.63) is 21.1 Å². The molecule has 2 heterocycles. The topological polar surface area (TPSA) is 25.8 Å². The van der Waals surface area contributed by atoms with E-state index in [4.69, 9.17) is 16.6 Å². The van der Waals surface area contributed by atoms with Crippen LogP contribution in [0.1, 0.15) is 30.6 Å². The molecule has 1 unspecified atom stereocenters. The molecule has 1 aliphatic rings. The second kappa shape index (κ2) is 6.82. The Morgan fingerprint density at radius 2 is 2.17 bits per heavy atom. The van der Waals surface area contributed by atoms with Crippen molar-refractivity contribution in [3.8, 4) is 0 Å². The Hall–Kier alpha value is 0.550. The predicted octanol–water partition coefficient (Wildman–Crippen LogP) is 4.61. The van der Waals surface area contributed by atoms with Gasteiger partial charge in [0.2, 0.25) is 0 Å². The van der Waals surface area contributed by atoms with E-state index >= 15 is 0 Å². The second-order valence-corrected chi connectivity index (χ2v) is 8.28. The molecule has 100 valence electrons. The maximum atomic E-state index is 6.21. The summed E-state index contributed by atoms with van der Waals surface area (Å²) in [6, 6.07) is 0. The van der Waals surface area contributed by atoms with E-state index in [2.05, 4.69) is 34.8 Å². The zero-order valence-electron chi connectivity index (χ0n) is 10.4. The number of hydrogen-bond acceptors (Lipinski definition) is 4. The van der Waals surface area contributed by atoms with Gasteiger partial charge in [0.25, 0.3) is 0 Å². The lowest BCUT2D eigenvalue weighted by molar-refractivity contribution is 0.628. The van der Waals surface area contributed by atoms with Crippen LogP contribution in [0.3, 0.4) is 0 Å². The van der Waals surface area contributed by atoms with Crippen LogP contribution in [0.5, 0.6) is 0 Å². The number of thioether (sulfide) groups is 2. The summed E-state index contributed by atoms with van der Waals surface area (Å²) in [5.41, 5.74) is 1.04. The molecule has 18 heavy (non-hydrogen) atoms. The molecule has 1 aliphatic heterocycles.